The molecule has 0 fully saturated rings. The van der Waals surface area contributed by atoms with E-state index in [1.54, 1.807) is 4.57 Å². The molecule has 0 amide bonds. The zero-order valence-electron chi connectivity index (χ0n) is 11.1. The third-order valence-electron chi connectivity index (χ3n) is 2.71. The zero-order chi connectivity index (χ0) is 13.8. The van der Waals surface area contributed by atoms with Crippen molar-refractivity contribution in [1.82, 2.24) is 9.55 Å². The summed E-state index contributed by atoms with van der Waals surface area (Å²) in [5, 5.41) is 1.90. The van der Waals surface area contributed by atoms with Crippen LogP contribution in [0.2, 0.25) is 0 Å². The molecule has 0 spiro atoms. The molecule has 1 N–H and O–H groups in total. The summed E-state index contributed by atoms with van der Waals surface area (Å²) < 4.78 is 8.35. The van der Waals surface area contributed by atoms with Crippen molar-refractivity contribution >= 4 is 33.8 Å². The number of nitrogens with zero attached hydrogens (tertiary/aromatic N) is 1. The molecule has 4 nitrogen and oxygen atoms in total. The molecule has 0 bridgehead atoms. The number of hydrogen-bond donors (Lipinski definition) is 1. The van der Waals surface area contributed by atoms with E-state index in [0.717, 1.165) is 23.2 Å². The summed E-state index contributed by atoms with van der Waals surface area (Å²) in [6.07, 6.45) is 0.793. The number of thiophene rings is 1. The summed E-state index contributed by atoms with van der Waals surface area (Å²) in [4.78, 5) is 15.3. The summed E-state index contributed by atoms with van der Waals surface area (Å²) in [5.41, 5.74) is 0.824. The highest BCUT2D eigenvalue weighted by molar-refractivity contribution is 7.71. The van der Waals surface area contributed by atoms with Crippen LogP contribution in [0, 0.1) is 10.7 Å². The molecule has 0 atom stereocenters. The van der Waals surface area contributed by atoms with Crippen molar-refractivity contribution in [3.05, 3.63) is 26.6 Å². The SMILES string of the molecule is CC(C)COCCCn1c(=S)[nH]c2ccsc2c1=O. The maximum absolute atomic E-state index is 12.2. The topological polar surface area (TPSA) is 47.0 Å². The van der Waals surface area contributed by atoms with Gasteiger partial charge in [-0.3, -0.25) is 9.36 Å². The molecule has 6 heteroatoms. The van der Waals surface area contributed by atoms with Crippen LogP contribution in [0.3, 0.4) is 0 Å². The van der Waals surface area contributed by atoms with E-state index in [1.165, 1.54) is 11.3 Å². The Kier molecular flexibility index (Phi) is 4.90. The largest absolute Gasteiger partial charge is 0.381 e. The fourth-order valence-electron chi connectivity index (χ4n) is 1.82. The maximum Gasteiger partial charge on any atom is 0.272 e. The van der Waals surface area contributed by atoms with E-state index >= 15 is 0 Å². The smallest absolute Gasteiger partial charge is 0.272 e. The van der Waals surface area contributed by atoms with E-state index in [-0.39, 0.29) is 5.56 Å². The highest BCUT2D eigenvalue weighted by Gasteiger charge is 2.06. The van der Waals surface area contributed by atoms with E-state index in [1.807, 2.05) is 11.4 Å². The van der Waals surface area contributed by atoms with E-state index in [9.17, 15) is 4.79 Å². The second-order valence-corrected chi connectivity index (χ2v) is 6.18. The Morgan fingerprint density at radius 2 is 2.32 bits per heavy atom. The molecule has 19 heavy (non-hydrogen) atoms. The summed E-state index contributed by atoms with van der Waals surface area (Å²) in [6, 6.07) is 1.88. The first-order chi connectivity index (χ1) is 9.09. The minimum absolute atomic E-state index is 0.00221. The van der Waals surface area contributed by atoms with Crippen LogP contribution in [-0.2, 0) is 11.3 Å². The average molecular weight is 298 g/mol. The lowest BCUT2D eigenvalue weighted by Crippen LogP contribution is -2.22. The summed E-state index contributed by atoms with van der Waals surface area (Å²) in [7, 11) is 0. The van der Waals surface area contributed by atoms with Crippen molar-refractivity contribution < 1.29 is 4.74 Å². The summed E-state index contributed by atoms with van der Waals surface area (Å²) >= 11 is 6.67. The predicted molar refractivity (Wildman–Crippen MR) is 81.5 cm³/mol. The van der Waals surface area contributed by atoms with Crippen molar-refractivity contribution in [2.45, 2.75) is 26.8 Å². The molecule has 0 unspecified atom stereocenters. The first-order valence-electron chi connectivity index (χ1n) is 6.37. The van der Waals surface area contributed by atoms with Crippen molar-refractivity contribution in [1.29, 1.82) is 0 Å². The van der Waals surface area contributed by atoms with Gasteiger partial charge in [-0.05, 0) is 36.0 Å². The maximum atomic E-state index is 12.2. The Hall–Kier alpha value is -0.980. The molecular formula is C13H18N2O2S2. The lowest BCUT2D eigenvalue weighted by Gasteiger charge is -2.08. The standard InChI is InChI=1S/C13H18N2O2S2/c1-9(2)8-17-6-3-5-15-12(16)11-10(4-7-19-11)14-13(15)18/h4,7,9H,3,5-6,8H2,1-2H3,(H,14,18). The van der Waals surface area contributed by atoms with Crippen LogP contribution in [0.25, 0.3) is 10.2 Å². The minimum Gasteiger partial charge on any atom is -0.381 e. The van der Waals surface area contributed by atoms with E-state index in [2.05, 4.69) is 18.8 Å². The number of fused-ring (bicyclic) bond motifs is 1. The van der Waals surface area contributed by atoms with Crippen molar-refractivity contribution in [2.75, 3.05) is 13.2 Å². The number of ether oxygens (including phenoxy) is 1. The number of nitrogens with one attached hydrogen (secondary N) is 1. The van der Waals surface area contributed by atoms with E-state index in [0.29, 0.717) is 23.8 Å². The molecule has 2 rings (SSSR count). The Balaban J connectivity index is 2.04. The first-order valence-corrected chi connectivity index (χ1v) is 7.66. The normalized spacial score (nSPS) is 11.5. The van der Waals surface area contributed by atoms with Crippen molar-refractivity contribution in [3.63, 3.8) is 0 Å². The van der Waals surface area contributed by atoms with Gasteiger partial charge in [-0.1, -0.05) is 13.8 Å². The predicted octanol–water partition coefficient (Wildman–Crippen LogP) is 3.18. The number of rotatable bonds is 6. The average Bonchev–Trinajstić information content (AvgIpc) is 2.80. The van der Waals surface area contributed by atoms with Crippen LogP contribution in [0.1, 0.15) is 20.3 Å². The molecule has 104 valence electrons. The minimum atomic E-state index is -0.00221. The van der Waals surface area contributed by atoms with Crippen LogP contribution in [-0.4, -0.2) is 22.8 Å². The summed E-state index contributed by atoms with van der Waals surface area (Å²) in [6.45, 7) is 6.24. The van der Waals surface area contributed by atoms with Crippen molar-refractivity contribution in [3.8, 4) is 0 Å². The third kappa shape index (κ3) is 3.52. The van der Waals surface area contributed by atoms with Gasteiger partial charge < -0.3 is 9.72 Å². The second-order valence-electron chi connectivity index (χ2n) is 4.87. The van der Waals surface area contributed by atoms with Gasteiger partial charge in [0.15, 0.2) is 4.77 Å². The molecule has 0 aliphatic rings. The number of aromatic nitrogens is 2. The molecule has 0 saturated heterocycles. The van der Waals surface area contributed by atoms with Gasteiger partial charge in [-0.15, -0.1) is 11.3 Å². The second kappa shape index (κ2) is 6.45. The quantitative estimate of drug-likeness (QED) is 0.658. The van der Waals surface area contributed by atoms with E-state index in [4.69, 9.17) is 17.0 Å². The fraction of sp³-hybridized carbons (Fsp3) is 0.538. The third-order valence-corrected chi connectivity index (χ3v) is 3.94. The van der Waals surface area contributed by atoms with Crippen LogP contribution in [0.15, 0.2) is 16.2 Å². The number of H-pyrrole nitrogens is 1. The molecule has 2 aromatic rings. The molecule has 0 radical (unpaired) electrons. The number of hydrogen-bond acceptors (Lipinski definition) is 4. The molecule has 0 aliphatic carbocycles. The molecule has 0 aliphatic heterocycles. The van der Waals surface area contributed by atoms with Crippen LogP contribution < -0.4 is 5.56 Å². The molecule has 0 saturated carbocycles. The van der Waals surface area contributed by atoms with E-state index < -0.39 is 0 Å². The Labute approximate surface area is 121 Å². The van der Waals surface area contributed by atoms with Gasteiger partial charge in [-0.2, -0.15) is 0 Å². The highest BCUT2D eigenvalue weighted by atomic mass is 32.1. The molecular weight excluding hydrogens is 280 g/mol. The van der Waals surface area contributed by atoms with Crippen LogP contribution >= 0.6 is 23.6 Å². The Morgan fingerprint density at radius 3 is 3.05 bits per heavy atom. The first kappa shape index (κ1) is 14.4. The zero-order valence-corrected chi connectivity index (χ0v) is 12.8. The van der Waals surface area contributed by atoms with Gasteiger partial charge >= 0.3 is 0 Å². The number of aromatic amines is 1. The Morgan fingerprint density at radius 1 is 1.53 bits per heavy atom. The summed E-state index contributed by atoms with van der Waals surface area (Å²) in [5.74, 6) is 0.535. The lowest BCUT2D eigenvalue weighted by molar-refractivity contribution is 0.105. The van der Waals surface area contributed by atoms with Crippen LogP contribution in [0.4, 0.5) is 0 Å². The highest BCUT2D eigenvalue weighted by Crippen LogP contribution is 2.13. The van der Waals surface area contributed by atoms with Crippen molar-refractivity contribution in [2.24, 2.45) is 5.92 Å². The molecule has 2 aromatic heterocycles. The van der Waals surface area contributed by atoms with Gasteiger partial charge in [0.05, 0.1) is 5.52 Å². The fourth-order valence-corrected chi connectivity index (χ4v) is 2.90. The van der Waals surface area contributed by atoms with Gasteiger partial charge in [0.1, 0.15) is 4.70 Å². The van der Waals surface area contributed by atoms with Gasteiger partial charge in [0.25, 0.3) is 5.56 Å². The molecule has 2 heterocycles. The molecule has 0 aromatic carbocycles. The Bertz CT molecular complexity index is 654. The monoisotopic (exact) mass is 298 g/mol. The van der Waals surface area contributed by atoms with Gasteiger partial charge in [-0.25, -0.2) is 0 Å². The lowest BCUT2D eigenvalue weighted by atomic mass is 10.2. The van der Waals surface area contributed by atoms with Gasteiger partial charge in [0.2, 0.25) is 0 Å². The van der Waals surface area contributed by atoms with Gasteiger partial charge in [0, 0.05) is 19.8 Å². The van der Waals surface area contributed by atoms with Crippen LogP contribution in [0.5, 0.6) is 0 Å².